The average molecular weight is 457 g/mol. The number of thioether (sulfide) groups is 2. The third-order valence-electron chi connectivity index (χ3n) is 4.84. The number of thiazole rings is 1. The van der Waals surface area contributed by atoms with Crippen LogP contribution in [0.3, 0.4) is 0 Å². The minimum absolute atomic E-state index is 0.0610. The maximum atomic E-state index is 13.4. The molecule has 5 rings (SSSR count). The van der Waals surface area contributed by atoms with Gasteiger partial charge in [-0.2, -0.15) is 0 Å². The molecule has 146 valence electrons. The second-order valence-corrected chi connectivity index (χ2v) is 10.6. The number of aromatic nitrogens is 1. The van der Waals surface area contributed by atoms with Gasteiger partial charge >= 0.3 is 0 Å². The van der Waals surface area contributed by atoms with Gasteiger partial charge in [-0.25, -0.2) is 4.99 Å². The van der Waals surface area contributed by atoms with E-state index in [4.69, 9.17) is 16.6 Å². The van der Waals surface area contributed by atoms with Crippen molar-refractivity contribution in [3.8, 4) is 0 Å². The molecule has 1 unspecified atom stereocenters. The minimum Gasteiger partial charge on any atom is -0.272 e. The Morgan fingerprint density at radius 3 is 2.45 bits per heavy atom. The van der Waals surface area contributed by atoms with Gasteiger partial charge in [-0.15, -0.1) is 23.5 Å². The van der Waals surface area contributed by atoms with Crippen LogP contribution in [0.25, 0.3) is 9.93 Å². The van der Waals surface area contributed by atoms with E-state index in [0.29, 0.717) is 5.02 Å². The van der Waals surface area contributed by atoms with Crippen molar-refractivity contribution in [1.29, 1.82) is 0 Å². The third kappa shape index (κ3) is 3.75. The topological polar surface area (TPSA) is 34.4 Å². The Hall–Kier alpha value is -1.73. The highest BCUT2D eigenvalue weighted by atomic mass is 35.5. The molecular weight excluding hydrogens is 440 g/mol. The monoisotopic (exact) mass is 456 g/mol. The van der Waals surface area contributed by atoms with Gasteiger partial charge in [0.05, 0.1) is 16.0 Å². The molecular formula is C22H17ClN2OS3. The zero-order chi connectivity index (χ0) is 19.8. The zero-order valence-corrected chi connectivity index (χ0v) is 18.6. The van der Waals surface area contributed by atoms with Gasteiger partial charge in [0.1, 0.15) is 4.53 Å². The van der Waals surface area contributed by atoms with Gasteiger partial charge in [0, 0.05) is 10.6 Å². The summed E-state index contributed by atoms with van der Waals surface area (Å²) in [6, 6.07) is 17.7. The number of benzene rings is 2. The molecule has 0 bridgehead atoms. The zero-order valence-electron chi connectivity index (χ0n) is 15.4. The molecule has 2 aliphatic rings. The van der Waals surface area contributed by atoms with Gasteiger partial charge in [-0.05, 0) is 41.7 Å². The molecule has 29 heavy (non-hydrogen) atoms. The molecule has 3 nitrogen and oxygen atoms in total. The van der Waals surface area contributed by atoms with E-state index in [2.05, 4.69) is 18.2 Å². The van der Waals surface area contributed by atoms with E-state index in [1.54, 1.807) is 23.5 Å². The Labute approximate surface area is 185 Å². The highest BCUT2D eigenvalue weighted by Gasteiger charge is 2.23. The fourth-order valence-electron chi connectivity index (χ4n) is 3.43. The van der Waals surface area contributed by atoms with Crippen LogP contribution in [-0.2, 0) is 0 Å². The molecule has 7 heteroatoms. The lowest BCUT2D eigenvalue weighted by molar-refractivity contribution is 0.644. The Balaban J connectivity index is 1.74. The lowest BCUT2D eigenvalue weighted by Gasteiger charge is -2.19. The number of rotatable bonds is 2. The second-order valence-electron chi connectivity index (χ2n) is 6.75. The first-order valence-corrected chi connectivity index (χ1v) is 12.5. The molecule has 0 radical (unpaired) electrons. The van der Waals surface area contributed by atoms with Gasteiger partial charge in [0.2, 0.25) is 0 Å². The summed E-state index contributed by atoms with van der Waals surface area (Å²) in [4.78, 5) is 19.0. The van der Waals surface area contributed by atoms with Gasteiger partial charge in [0.15, 0.2) is 4.80 Å². The molecule has 1 saturated heterocycles. The van der Waals surface area contributed by atoms with E-state index in [0.717, 1.165) is 41.9 Å². The normalized spacial score (nSPS) is 18.7. The maximum Gasteiger partial charge on any atom is 0.272 e. The SMILES string of the molecule is O=c1c(=C2SCCCS2)sc2n1C(c1ccccc1)C=C(c1ccc(Cl)cc1)N=2. The molecule has 3 aromatic rings. The summed E-state index contributed by atoms with van der Waals surface area (Å²) >= 11 is 11.2. The van der Waals surface area contributed by atoms with Crippen LogP contribution < -0.4 is 14.9 Å². The van der Waals surface area contributed by atoms with Crippen molar-refractivity contribution in [2.45, 2.75) is 12.5 Å². The lowest BCUT2D eigenvalue weighted by Crippen LogP contribution is -2.36. The quantitative estimate of drug-likeness (QED) is 0.557. The lowest BCUT2D eigenvalue weighted by atomic mass is 10.0. The van der Waals surface area contributed by atoms with Crippen LogP contribution in [-0.4, -0.2) is 16.1 Å². The van der Waals surface area contributed by atoms with Gasteiger partial charge in [-0.1, -0.05) is 65.4 Å². The van der Waals surface area contributed by atoms with E-state index in [1.165, 1.54) is 17.8 Å². The number of halogens is 1. The number of hydrogen-bond acceptors (Lipinski definition) is 5. The van der Waals surface area contributed by atoms with Gasteiger partial charge < -0.3 is 0 Å². The first-order valence-electron chi connectivity index (χ1n) is 9.33. The van der Waals surface area contributed by atoms with Crippen LogP contribution in [0.1, 0.15) is 23.6 Å². The maximum absolute atomic E-state index is 13.4. The Kier molecular flexibility index (Phi) is 5.43. The Bertz CT molecular complexity index is 1250. The third-order valence-corrected chi connectivity index (χ3v) is 9.03. The number of nitrogens with zero attached hydrogens (tertiary/aromatic N) is 2. The van der Waals surface area contributed by atoms with Gasteiger partial charge in [-0.3, -0.25) is 9.36 Å². The molecule has 2 aromatic carbocycles. The highest BCUT2D eigenvalue weighted by molar-refractivity contribution is 8.30. The largest absolute Gasteiger partial charge is 0.272 e. The van der Waals surface area contributed by atoms with Crippen molar-refractivity contribution in [2.75, 3.05) is 11.5 Å². The summed E-state index contributed by atoms with van der Waals surface area (Å²) in [6.07, 6.45) is 3.26. The molecule has 0 saturated carbocycles. The molecule has 0 N–H and O–H groups in total. The van der Waals surface area contributed by atoms with E-state index in [9.17, 15) is 4.79 Å². The summed E-state index contributed by atoms with van der Waals surface area (Å²) in [7, 11) is 0. The smallest absolute Gasteiger partial charge is 0.272 e. The Morgan fingerprint density at radius 1 is 1.00 bits per heavy atom. The molecule has 0 aliphatic carbocycles. The first kappa shape index (κ1) is 19.2. The standard InChI is InChI=1S/C22H17ClN2OS3/c23-16-9-7-14(8-10-16)17-13-18(15-5-2-1-3-6-15)25-20(26)19(29-22(25)24-17)21-27-11-4-12-28-21/h1-3,5-10,13,18H,4,11-12H2. The van der Waals surface area contributed by atoms with Crippen molar-refractivity contribution in [3.63, 3.8) is 0 Å². The summed E-state index contributed by atoms with van der Waals surface area (Å²) in [5.74, 6) is 2.14. The van der Waals surface area contributed by atoms with Crippen molar-refractivity contribution in [3.05, 3.63) is 96.5 Å². The van der Waals surface area contributed by atoms with Crippen LogP contribution in [0.15, 0.2) is 70.5 Å². The van der Waals surface area contributed by atoms with E-state index < -0.39 is 0 Å². The predicted molar refractivity (Wildman–Crippen MR) is 126 cm³/mol. The van der Waals surface area contributed by atoms with Crippen LogP contribution in [0, 0.1) is 0 Å². The summed E-state index contributed by atoms with van der Waals surface area (Å²) in [5.41, 5.74) is 3.01. The Morgan fingerprint density at radius 2 is 1.72 bits per heavy atom. The highest BCUT2D eigenvalue weighted by Crippen LogP contribution is 2.35. The van der Waals surface area contributed by atoms with Crippen LogP contribution in [0.5, 0.6) is 0 Å². The molecule has 1 aromatic heterocycles. The van der Waals surface area contributed by atoms with E-state index in [-0.39, 0.29) is 11.6 Å². The van der Waals surface area contributed by atoms with Crippen LogP contribution >= 0.6 is 46.5 Å². The minimum atomic E-state index is -0.175. The molecule has 0 amide bonds. The molecule has 0 spiro atoms. The van der Waals surface area contributed by atoms with Crippen molar-refractivity contribution >= 4 is 56.4 Å². The number of allylic oxidation sites excluding steroid dienone is 1. The molecule has 3 heterocycles. The fourth-order valence-corrected chi connectivity index (χ4v) is 7.46. The van der Waals surface area contributed by atoms with Gasteiger partial charge in [0.25, 0.3) is 5.56 Å². The molecule has 1 fully saturated rings. The molecule has 2 aliphatic heterocycles. The van der Waals surface area contributed by atoms with E-state index >= 15 is 0 Å². The number of hydrogen-bond donors (Lipinski definition) is 0. The average Bonchev–Trinajstić information content (AvgIpc) is 3.11. The summed E-state index contributed by atoms with van der Waals surface area (Å²) < 4.78 is 3.81. The van der Waals surface area contributed by atoms with Crippen molar-refractivity contribution in [2.24, 2.45) is 4.99 Å². The predicted octanol–water partition coefficient (Wildman–Crippen LogP) is 4.76. The summed E-state index contributed by atoms with van der Waals surface area (Å²) in [6.45, 7) is 0. The van der Waals surface area contributed by atoms with Crippen LogP contribution in [0.4, 0.5) is 0 Å². The summed E-state index contributed by atoms with van der Waals surface area (Å²) in [5, 5.41) is 0.697. The second kappa shape index (κ2) is 8.19. The van der Waals surface area contributed by atoms with E-state index in [1.807, 2.05) is 47.0 Å². The van der Waals surface area contributed by atoms with Crippen LogP contribution in [0.2, 0.25) is 5.02 Å². The molecule has 1 atom stereocenters. The fraction of sp³-hybridized carbons (Fsp3) is 0.182. The number of fused-ring (bicyclic) bond motifs is 1. The van der Waals surface area contributed by atoms with Crippen molar-refractivity contribution < 1.29 is 0 Å². The van der Waals surface area contributed by atoms with Crippen molar-refractivity contribution in [1.82, 2.24) is 4.57 Å². The first-order chi connectivity index (χ1) is 14.2.